The number of allylic oxidation sites excluding steroid dienone is 9. The minimum Gasteiger partial charge on any atom is -0.301 e. The lowest BCUT2D eigenvalue weighted by Gasteiger charge is -2.35. The lowest BCUT2D eigenvalue weighted by Crippen LogP contribution is -2.40. The molecule has 0 aromatic rings. The SMILES string of the molecule is C/C=C\C=C/C/C=C(/C=C\C=C/C)SN(C)CCC(C)N1CCC(C)CC1. The molecule has 1 saturated heterocycles. The third-order valence-electron chi connectivity index (χ3n) is 5.02. The van der Waals surface area contributed by atoms with Crippen molar-refractivity contribution in [2.75, 3.05) is 26.7 Å². The molecular formula is C24H40N2S. The molecule has 1 fully saturated rings. The fraction of sp³-hybridized carbons (Fsp3) is 0.583. The zero-order valence-corrected chi connectivity index (χ0v) is 18.9. The van der Waals surface area contributed by atoms with Gasteiger partial charge in [-0.1, -0.05) is 55.5 Å². The lowest BCUT2D eigenvalue weighted by atomic mass is 9.97. The highest BCUT2D eigenvalue weighted by Gasteiger charge is 2.20. The maximum Gasteiger partial charge on any atom is 0.0193 e. The number of nitrogens with zero attached hydrogens (tertiary/aromatic N) is 2. The normalized spacial score (nSPS) is 19.6. The average molecular weight is 389 g/mol. The van der Waals surface area contributed by atoms with Crippen LogP contribution in [0.15, 0.2) is 59.6 Å². The van der Waals surface area contributed by atoms with Gasteiger partial charge in [-0.2, -0.15) is 0 Å². The standard InChI is InChI=1S/C24H40N2S/c1-6-8-10-11-13-15-24(14-12-9-7-2)27-25(5)19-18-23(4)26-20-16-22(3)17-21-26/h6-12,14-15,22-23H,13,16-21H2,1-5H3/b8-6-,9-7-,11-10-,14-12-,24-15-. The summed E-state index contributed by atoms with van der Waals surface area (Å²) in [5.41, 5.74) is 0. The Labute approximate surface area is 172 Å². The molecule has 0 aromatic carbocycles. The van der Waals surface area contributed by atoms with Gasteiger partial charge < -0.3 is 4.90 Å². The second-order valence-corrected chi connectivity index (χ2v) is 8.76. The molecule has 0 aliphatic carbocycles. The first-order valence-corrected chi connectivity index (χ1v) is 11.2. The zero-order valence-electron chi connectivity index (χ0n) is 18.1. The van der Waals surface area contributed by atoms with E-state index in [0.29, 0.717) is 6.04 Å². The molecule has 2 nitrogen and oxygen atoms in total. The zero-order chi connectivity index (χ0) is 19.9. The molecule has 1 heterocycles. The first kappa shape index (κ1) is 24.0. The number of likely N-dealkylation sites (tertiary alicyclic amines) is 1. The van der Waals surface area contributed by atoms with Crippen molar-refractivity contribution in [1.82, 2.24) is 9.21 Å². The third kappa shape index (κ3) is 11.4. The predicted molar refractivity (Wildman–Crippen MR) is 125 cm³/mol. The van der Waals surface area contributed by atoms with Crippen molar-refractivity contribution >= 4 is 11.9 Å². The van der Waals surface area contributed by atoms with Gasteiger partial charge in [-0.15, -0.1) is 0 Å². The Hall–Kier alpha value is -1.03. The van der Waals surface area contributed by atoms with Crippen LogP contribution in [0.3, 0.4) is 0 Å². The van der Waals surface area contributed by atoms with Gasteiger partial charge in [-0.3, -0.25) is 0 Å². The highest BCUT2D eigenvalue weighted by Crippen LogP contribution is 2.24. The Morgan fingerprint density at radius 2 is 1.78 bits per heavy atom. The Kier molecular flexibility index (Phi) is 13.3. The second-order valence-electron chi connectivity index (χ2n) is 7.48. The lowest BCUT2D eigenvalue weighted by molar-refractivity contribution is 0.138. The van der Waals surface area contributed by atoms with Crippen LogP contribution in [0, 0.1) is 5.92 Å². The number of hydrogen-bond acceptors (Lipinski definition) is 3. The van der Waals surface area contributed by atoms with Crippen LogP contribution in [0.1, 0.15) is 53.4 Å². The molecule has 152 valence electrons. The summed E-state index contributed by atoms with van der Waals surface area (Å²) in [7, 11) is 2.21. The molecule has 0 amide bonds. The summed E-state index contributed by atoms with van der Waals surface area (Å²) in [6, 6.07) is 0.676. The summed E-state index contributed by atoms with van der Waals surface area (Å²) in [5.74, 6) is 0.908. The van der Waals surface area contributed by atoms with Crippen molar-refractivity contribution in [3.8, 4) is 0 Å². The predicted octanol–water partition coefficient (Wildman–Crippen LogP) is 6.62. The van der Waals surface area contributed by atoms with Crippen LogP contribution in [0.25, 0.3) is 0 Å². The quantitative estimate of drug-likeness (QED) is 0.290. The molecule has 0 bridgehead atoms. The van der Waals surface area contributed by atoms with E-state index in [4.69, 9.17) is 0 Å². The van der Waals surface area contributed by atoms with Gasteiger partial charge in [-0.05, 0) is 90.5 Å². The molecule has 1 atom stereocenters. The van der Waals surface area contributed by atoms with E-state index < -0.39 is 0 Å². The number of piperidine rings is 1. The average Bonchev–Trinajstić information content (AvgIpc) is 2.66. The first-order valence-electron chi connectivity index (χ1n) is 10.5. The minimum atomic E-state index is 0.676. The molecule has 0 spiro atoms. The van der Waals surface area contributed by atoms with Crippen molar-refractivity contribution < 1.29 is 0 Å². The van der Waals surface area contributed by atoms with E-state index in [1.165, 1.54) is 37.3 Å². The van der Waals surface area contributed by atoms with Crippen LogP contribution >= 0.6 is 11.9 Å². The maximum absolute atomic E-state index is 2.67. The molecule has 27 heavy (non-hydrogen) atoms. The molecule has 1 unspecified atom stereocenters. The Bertz CT molecular complexity index is 522. The van der Waals surface area contributed by atoms with Gasteiger partial charge in [0, 0.05) is 17.5 Å². The Morgan fingerprint density at radius 1 is 1.11 bits per heavy atom. The summed E-state index contributed by atoms with van der Waals surface area (Å²) >= 11 is 1.85. The second kappa shape index (κ2) is 15.0. The summed E-state index contributed by atoms with van der Waals surface area (Å²) in [4.78, 5) is 3.98. The van der Waals surface area contributed by atoms with E-state index in [1.807, 2.05) is 18.9 Å². The Balaban J connectivity index is 2.48. The van der Waals surface area contributed by atoms with Gasteiger partial charge in [0.15, 0.2) is 0 Å². The molecule has 0 N–H and O–H groups in total. The van der Waals surface area contributed by atoms with E-state index in [9.17, 15) is 0 Å². The first-order chi connectivity index (χ1) is 13.1. The molecule has 0 saturated carbocycles. The van der Waals surface area contributed by atoms with E-state index in [1.54, 1.807) is 0 Å². The van der Waals surface area contributed by atoms with Crippen molar-refractivity contribution in [3.63, 3.8) is 0 Å². The van der Waals surface area contributed by atoms with Crippen LogP contribution in [0.2, 0.25) is 0 Å². The summed E-state index contributed by atoms with van der Waals surface area (Å²) in [6.45, 7) is 12.5. The van der Waals surface area contributed by atoms with Crippen molar-refractivity contribution in [2.45, 2.75) is 59.4 Å². The van der Waals surface area contributed by atoms with Crippen LogP contribution in [-0.2, 0) is 0 Å². The van der Waals surface area contributed by atoms with Crippen molar-refractivity contribution in [3.05, 3.63) is 59.6 Å². The van der Waals surface area contributed by atoms with Gasteiger partial charge in [0.25, 0.3) is 0 Å². The molecule has 0 aromatic heterocycles. The maximum atomic E-state index is 2.67. The Morgan fingerprint density at radius 3 is 2.44 bits per heavy atom. The van der Waals surface area contributed by atoms with Crippen LogP contribution in [0.4, 0.5) is 0 Å². The largest absolute Gasteiger partial charge is 0.301 e. The molecule has 1 aliphatic rings. The third-order valence-corrected chi connectivity index (χ3v) is 6.03. The fourth-order valence-electron chi connectivity index (χ4n) is 3.10. The minimum absolute atomic E-state index is 0.676. The number of rotatable bonds is 11. The summed E-state index contributed by atoms with van der Waals surface area (Å²) < 4.78 is 2.38. The van der Waals surface area contributed by atoms with Crippen molar-refractivity contribution in [1.29, 1.82) is 0 Å². The molecule has 1 rings (SSSR count). The fourth-order valence-corrected chi connectivity index (χ4v) is 3.96. The molecular weight excluding hydrogens is 348 g/mol. The van der Waals surface area contributed by atoms with Gasteiger partial charge in [0.2, 0.25) is 0 Å². The van der Waals surface area contributed by atoms with Crippen LogP contribution in [-0.4, -0.2) is 41.9 Å². The molecule has 1 aliphatic heterocycles. The smallest absolute Gasteiger partial charge is 0.0193 e. The van der Waals surface area contributed by atoms with E-state index >= 15 is 0 Å². The summed E-state index contributed by atoms with van der Waals surface area (Å²) in [5, 5.41) is 0. The molecule has 0 radical (unpaired) electrons. The number of hydrogen-bond donors (Lipinski definition) is 0. The van der Waals surface area contributed by atoms with Gasteiger partial charge in [-0.25, -0.2) is 4.31 Å². The van der Waals surface area contributed by atoms with Crippen molar-refractivity contribution in [2.24, 2.45) is 5.92 Å². The van der Waals surface area contributed by atoms with E-state index in [0.717, 1.165) is 18.9 Å². The highest BCUT2D eigenvalue weighted by molar-refractivity contribution is 8.01. The van der Waals surface area contributed by atoms with E-state index in [-0.39, 0.29) is 0 Å². The van der Waals surface area contributed by atoms with Crippen LogP contribution in [0.5, 0.6) is 0 Å². The van der Waals surface area contributed by atoms with Gasteiger partial charge in [0.05, 0.1) is 0 Å². The topological polar surface area (TPSA) is 6.48 Å². The summed E-state index contributed by atoms with van der Waals surface area (Å²) in [6.07, 6.45) is 24.1. The monoisotopic (exact) mass is 388 g/mol. The van der Waals surface area contributed by atoms with Gasteiger partial charge in [0.1, 0.15) is 0 Å². The van der Waals surface area contributed by atoms with Gasteiger partial charge >= 0.3 is 0 Å². The van der Waals surface area contributed by atoms with E-state index in [2.05, 4.69) is 91.7 Å². The highest BCUT2D eigenvalue weighted by atomic mass is 32.2. The molecule has 3 heteroatoms. The van der Waals surface area contributed by atoms with Crippen LogP contribution < -0.4 is 0 Å².